The largest absolute Gasteiger partial charge is 0.480 e. The zero-order chi connectivity index (χ0) is 23.2. The summed E-state index contributed by atoms with van der Waals surface area (Å²) in [7, 11) is 4.02. The van der Waals surface area contributed by atoms with Crippen LogP contribution in [-0.4, -0.2) is 70.4 Å². The van der Waals surface area contributed by atoms with Crippen LogP contribution in [0.15, 0.2) is 24.5 Å². The van der Waals surface area contributed by atoms with E-state index in [0.29, 0.717) is 22.4 Å². The lowest BCUT2D eigenvalue weighted by molar-refractivity contribution is 0.0777. The van der Waals surface area contributed by atoms with Crippen molar-refractivity contribution in [3.05, 3.63) is 30.2 Å². The summed E-state index contributed by atoms with van der Waals surface area (Å²) in [6.45, 7) is 4.15. The molecule has 33 heavy (non-hydrogen) atoms. The fraction of sp³-hybridized carbons (Fsp3) is 0.417. The van der Waals surface area contributed by atoms with Crippen LogP contribution in [0, 0.1) is 17.8 Å². The van der Waals surface area contributed by atoms with Crippen LogP contribution in [0.5, 0.6) is 5.75 Å². The van der Waals surface area contributed by atoms with E-state index in [9.17, 15) is 4.79 Å². The number of nitrogens with two attached hydrogens (primary N) is 1. The molecule has 9 heteroatoms. The van der Waals surface area contributed by atoms with Gasteiger partial charge in [0.2, 0.25) is 0 Å². The molecule has 4 heterocycles. The summed E-state index contributed by atoms with van der Waals surface area (Å²) in [5.41, 5.74) is 7.82. The predicted octanol–water partition coefficient (Wildman–Crippen LogP) is 1.67. The Morgan fingerprint density at radius 1 is 1.30 bits per heavy atom. The van der Waals surface area contributed by atoms with Crippen LogP contribution < -0.4 is 15.4 Å². The Morgan fingerprint density at radius 3 is 2.85 bits per heavy atom. The number of anilines is 1. The summed E-state index contributed by atoms with van der Waals surface area (Å²) in [5.74, 6) is 3.05. The molecule has 170 valence electrons. The monoisotopic (exact) mass is 445 g/mol. The summed E-state index contributed by atoms with van der Waals surface area (Å²) in [5, 5.41) is 5.33. The lowest BCUT2D eigenvalue weighted by Gasteiger charge is -2.54. The Bertz CT molecular complexity index is 1270. The van der Waals surface area contributed by atoms with Crippen LogP contribution in [0.4, 0.5) is 5.82 Å². The van der Waals surface area contributed by atoms with E-state index in [4.69, 9.17) is 21.9 Å². The van der Waals surface area contributed by atoms with Gasteiger partial charge >= 0.3 is 0 Å². The molecule has 1 spiro atoms. The number of likely N-dealkylation sites (tertiary alicyclic amines) is 1. The van der Waals surface area contributed by atoms with E-state index in [1.807, 2.05) is 19.3 Å². The molecular weight excluding hydrogens is 418 g/mol. The number of amides is 1. The Morgan fingerprint density at radius 2 is 2.12 bits per heavy atom. The van der Waals surface area contributed by atoms with Gasteiger partial charge in [0.1, 0.15) is 23.9 Å². The molecule has 0 unspecified atom stereocenters. The smallest absolute Gasteiger partial charge is 0.269 e. The maximum Gasteiger partial charge on any atom is 0.269 e. The number of hydrogen-bond donors (Lipinski definition) is 1. The van der Waals surface area contributed by atoms with E-state index in [1.165, 1.54) is 12.8 Å². The second kappa shape index (κ2) is 8.05. The first-order valence-corrected chi connectivity index (χ1v) is 11.0. The molecule has 2 aliphatic heterocycles. The van der Waals surface area contributed by atoms with Crippen molar-refractivity contribution in [1.82, 2.24) is 24.6 Å². The summed E-state index contributed by atoms with van der Waals surface area (Å²) < 4.78 is 7.53. The summed E-state index contributed by atoms with van der Waals surface area (Å²) in [4.78, 5) is 26.1. The summed E-state index contributed by atoms with van der Waals surface area (Å²) >= 11 is 0. The average molecular weight is 446 g/mol. The van der Waals surface area contributed by atoms with Gasteiger partial charge in [-0.2, -0.15) is 5.10 Å². The standard InChI is InChI=1S/C24H27N7O2/c1-4-8-33-19-10-18-16(12-30(3)28-18)9-17(19)21-22(23(25)32)26-11-20(27-21)31-14-24(15-31)6-5-7-29(2)13-24/h1,9-12H,5-8,13-15H2,2-3H3,(H2,25,32). The Hall–Kier alpha value is -3.64. The van der Waals surface area contributed by atoms with Crippen LogP contribution in [0.3, 0.4) is 0 Å². The van der Waals surface area contributed by atoms with E-state index in [-0.39, 0.29) is 12.3 Å². The van der Waals surface area contributed by atoms with Crippen molar-refractivity contribution in [3.63, 3.8) is 0 Å². The molecule has 1 amide bonds. The molecule has 0 saturated carbocycles. The van der Waals surface area contributed by atoms with Gasteiger partial charge in [0.05, 0.1) is 11.7 Å². The molecule has 1 aromatic carbocycles. The first-order valence-electron chi connectivity index (χ1n) is 11.0. The number of piperidine rings is 1. The third-order valence-electron chi connectivity index (χ3n) is 6.51. The summed E-state index contributed by atoms with van der Waals surface area (Å²) in [6, 6.07) is 3.69. The van der Waals surface area contributed by atoms with Gasteiger partial charge in [-0.3, -0.25) is 9.48 Å². The van der Waals surface area contributed by atoms with E-state index in [0.717, 1.165) is 42.9 Å². The number of aromatic nitrogens is 4. The van der Waals surface area contributed by atoms with Crippen LogP contribution >= 0.6 is 0 Å². The van der Waals surface area contributed by atoms with Crippen molar-refractivity contribution >= 4 is 22.6 Å². The highest BCUT2D eigenvalue weighted by Gasteiger charge is 2.45. The predicted molar refractivity (Wildman–Crippen MR) is 126 cm³/mol. The normalized spacial score (nSPS) is 17.7. The molecule has 5 rings (SSSR count). The van der Waals surface area contributed by atoms with Gasteiger partial charge < -0.3 is 20.3 Å². The fourth-order valence-electron chi connectivity index (χ4n) is 5.14. The Kier molecular flexibility index (Phi) is 5.17. The van der Waals surface area contributed by atoms with Crippen molar-refractivity contribution in [2.45, 2.75) is 12.8 Å². The minimum atomic E-state index is -0.646. The molecule has 9 nitrogen and oxygen atoms in total. The minimum absolute atomic E-state index is 0.0759. The number of nitrogens with zero attached hydrogens (tertiary/aromatic N) is 6. The highest BCUT2D eigenvalue weighted by Crippen LogP contribution is 2.41. The molecule has 2 fully saturated rings. The highest BCUT2D eigenvalue weighted by molar-refractivity contribution is 5.99. The average Bonchev–Trinajstić information content (AvgIpc) is 3.13. The number of aryl methyl sites for hydroxylation is 1. The van der Waals surface area contributed by atoms with Gasteiger partial charge in [-0.25, -0.2) is 9.97 Å². The number of fused-ring (bicyclic) bond motifs is 1. The van der Waals surface area contributed by atoms with Gasteiger partial charge in [0, 0.05) is 55.3 Å². The molecule has 3 aromatic rings. The van der Waals surface area contributed by atoms with Crippen LogP contribution in [-0.2, 0) is 7.05 Å². The molecule has 0 atom stereocenters. The van der Waals surface area contributed by atoms with Crippen molar-refractivity contribution in [1.29, 1.82) is 0 Å². The SMILES string of the molecule is C#CCOc1cc2nn(C)cc2cc1-c1nc(N2CC3(CCCN(C)C3)C2)cnc1C(N)=O. The third-order valence-corrected chi connectivity index (χ3v) is 6.51. The topological polar surface area (TPSA) is 102 Å². The molecular formula is C24H27N7O2. The molecule has 0 radical (unpaired) electrons. The number of carbonyl (C=O) groups excluding carboxylic acids is 1. The molecule has 0 aliphatic carbocycles. The van der Waals surface area contributed by atoms with Crippen LogP contribution in [0.2, 0.25) is 0 Å². The first kappa shape index (κ1) is 21.2. The molecule has 2 saturated heterocycles. The van der Waals surface area contributed by atoms with Crippen molar-refractivity contribution in [2.24, 2.45) is 18.2 Å². The van der Waals surface area contributed by atoms with Crippen molar-refractivity contribution in [3.8, 4) is 29.4 Å². The Balaban J connectivity index is 1.55. The highest BCUT2D eigenvalue weighted by atomic mass is 16.5. The van der Waals surface area contributed by atoms with E-state index < -0.39 is 5.91 Å². The van der Waals surface area contributed by atoms with Gasteiger partial charge in [0.25, 0.3) is 5.91 Å². The van der Waals surface area contributed by atoms with E-state index in [2.05, 4.69) is 32.9 Å². The number of terminal acetylenes is 1. The Labute approximate surface area is 192 Å². The van der Waals surface area contributed by atoms with Crippen molar-refractivity contribution in [2.75, 3.05) is 44.7 Å². The van der Waals surface area contributed by atoms with Gasteiger partial charge in [0.15, 0.2) is 5.69 Å². The third kappa shape index (κ3) is 3.87. The van der Waals surface area contributed by atoms with Gasteiger partial charge in [-0.1, -0.05) is 5.92 Å². The number of carbonyl (C=O) groups is 1. The maximum atomic E-state index is 12.2. The van der Waals surface area contributed by atoms with Crippen LogP contribution in [0.1, 0.15) is 23.3 Å². The molecule has 2 aliphatic rings. The maximum absolute atomic E-state index is 12.2. The summed E-state index contributed by atoms with van der Waals surface area (Å²) in [6.07, 6.45) is 11.4. The van der Waals surface area contributed by atoms with E-state index >= 15 is 0 Å². The van der Waals surface area contributed by atoms with Gasteiger partial charge in [-0.05, 0) is 32.5 Å². The fourth-order valence-corrected chi connectivity index (χ4v) is 5.14. The lowest BCUT2D eigenvalue weighted by atomic mass is 9.73. The second-order valence-corrected chi connectivity index (χ2v) is 9.19. The number of benzene rings is 1. The zero-order valence-electron chi connectivity index (χ0n) is 18.9. The second-order valence-electron chi connectivity index (χ2n) is 9.19. The molecule has 0 bridgehead atoms. The minimum Gasteiger partial charge on any atom is -0.480 e. The number of hydrogen-bond acceptors (Lipinski definition) is 7. The molecule has 2 aromatic heterocycles. The van der Waals surface area contributed by atoms with Crippen molar-refractivity contribution < 1.29 is 9.53 Å². The first-order chi connectivity index (χ1) is 15.9. The van der Waals surface area contributed by atoms with E-state index in [1.54, 1.807) is 16.9 Å². The number of primary amides is 1. The zero-order valence-corrected chi connectivity index (χ0v) is 18.9. The van der Waals surface area contributed by atoms with Gasteiger partial charge in [-0.15, -0.1) is 6.42 Å². The quantitative estimate of drug-likeness (QED) is 0.596. The van der Waals surface area contributed by atoms with Crippen LogP contribution in [0.25, 0.3) is 22.2 Å². The lowest BCUT2D eigenvalue weighted by Crippen LogP contribution is -2.62. The number of ether oxygens (including phenoxy) is 1. The number of rotatable bonds is 5. The molecule has 2 N–H and O–H groups in total.